The van der Waals surface area contributed by atoms with Gasteiger partial charge in [0.25, 0.3) is 0 Å². The van der Waals surface area contributed by atoms with Crippen LogP contribution in [0.1, 0.15) is 38.2 Å². The molecular formula is C18H25NO2. The fourth-order valence-corrected chi connectivity index (χ4v) is 2.33. The Morgan fingerprint density at radius 1 is 1.24 bits per heavy atom. The molecule has 1 fully saturated rings. The quantitative estimate of drug-likeness (QED) is 0.746. The van der Waals surface area contributed by atoms with Crippen LogP contribution in [0.15, 0.2) is 24.3 Å². The topological polar surface area (TPSA) is 32.7 Å². The molecule has 0 unspecified atom stereocenters. The fraction of sp³-hybridized carbons (Fsp3) is 0.556. The predicted molar refractivity (Wildman–Crippen MR) is 85.4 cm³/mol. The SMILES string of the molecule is CCCCN(CCOc1ccc(C#CCO)cc1)C1CC1. The molecule has 0 amide bonds. The number of aliphatic hydroxyl groups is 1. The van der Waals surface area contributed by atoms with Crippen LogP contribution in [0, 0.1) is 11.8 Å². The Hall–Kier alpha value is -1.50. The second kappa shape index (κ2) is 8.71. The van der Waals surface area contributed by atoms with E-state index in [0.29, 0.717) is 0 Å². The van der Waals surface area contributed by atoms with Gasteiger partial charge in [-0.05, 0) is 50.1 Å². The third kappa shape index (κ3) is 5.79. The first-order valence-electron chi connectivity index (χ1n) is 7.90. The van der Waals surface area contributed by atoms with Crippen molar-refractivity contribution in [2.24, 2.45) is 0 Å². The summed E-state index contributed by atoms with van der Waals surface area (Å²) < 4.78 is 5.81. The Balaban J connectivity index is 1.74. The smallest absolute Gasteiger partial charge is 0.119 e. The van der Waals surface area contributed by atoms with Gasteiger partial charge in [-0.25, -0.2) is 0 Å². The van der Waals surface area contributed by atoms with Gasteiger partial charge in [0.2, 0.25) is 0 Å². The largest absolute Gasteiger partial charge is 0.492 e. The van der Waals surface area contributed by atoms with E-state index in [-0.39, 0.29) is 6.61 Å². The van der Waals surface area contributed by atoms with Crippen molar-refractivity contribution in [2.45, 2.75) is 38.6 Å². The third-order valence-corrected chi connectivity index (χ3v) is 3.68. The van der Waals surface area contributed by atoms with Gasteiger partial charge >= 0.3 is 0 Å². The summed E-state index contributed by atoms with van der Waals surface area (Å²) in [7, 11) is 0. The van der Waals surface area contributed by atoms with Crippen LogP contribution in [0.3, 0.4) is 0 Å². The van der Waals surface area contributed by atoms with Gasteiger partial charge in [-0.1, -0.05) is 25.2 Å². The number of ether oxygens (including phenoxy) is 1. The normalized spacial score (nSPS) is 13.9. The minimum atomic E-state index is -0.104. The molecule has 1 saturated carbocycles. The molecule has 1 aromatic rings. The van der Waals surface area contributed by atoms with Crippen LogP contribution in [-0.2, 0) is 0 Å². The summed E-state index contributed by atoms with van der Waals surface area (Å²) in [6, 6.07) is 8.53. The van der Waals surface area contributed by atoms with Gasteiger partial charge in [0.1, 0.15) is 19.0 Å². The van der Waals surface area contributed by atoms with Crippen molar-refractivity contribution in [2.75, 3.05) is 26.3 Å². The Bertz CT molecular complexity index is 468. The highest BCUT2D eigenvalue weighted by Crippen LogP contribution is 2.26. The van der Waals surface area contributed by atoms with Gasteiger partial charge in [0, 0.05) is 18.2 Å². The predicted octanol–water partition coefficient (Wildman–Crippen LogP) is 2.67. The van der Waals surface area contributed by atoms with Crippen molar-refractivity contribution in [1.29, 1.82) is 0 Å². The molecule has 0 saturated heterocycles. The first-order valence-corrected chi connectivity index (χ1v) is 7.90. The molecule has 1 aliphatic rings. The van der Waals surface area contributed by atoms with E-state index in [1.807, 2.05) is 24.3 Å². The number of hydrogen-bond acceptors (Lipinski definition) is 3. The molecule has 1 aliphatic carbocycles. The second-order valence-corrected chi connectivity index (χ2v) is 5.45. The minimum absolute atomic E-state index is 0.104. The van der Waals surface area contributed by atoms with Gasteiger partial charge < -0.3 is 9.84 Å². The molecule has 0 radical (unpaired) electrons. The summed E-state index contributed by atoms with van der Waals surface area (Å²) in [4.78, 5) is 2.56. The monoisotopic (exact) mass is 287 g/mol. The van der Waals surface area contributed by atoms with Crippen molar-refractivity contribution in [1.82, 2.24) is 4.90 Å². The lowest BCUT2D eigenvalue weighted by Crippen LogP contribution is -2.31. The summed E-state index contributed by atoms with van der Waals surface area (Å²) in [5.41, 5.74) is 0.902. The van der Waals surface area contributed by atoms with E-state index in [1.54, 1.807) is 0 Å². The molecule has 0 heterocycles. The van der Waals surface area contributed by atoms with E-state index in [1.165, 1.54) is 32.2 Å². The Labute approximate surface area is 127 Å². The highest BCUT2D eigenvalue weighted by Gasteiger charge is 2.27. The summed E-state index contributed by atoms with van der Waals surface area (Å²) in [5.74, 6) is 6.40. The van der Waals surface area contributed by atoms with E-state index in [9.17, 15) is 0 Å². The van der Waals surface area contributed by atoms with Crippen molar-refractivity contribution in [3.63, 3.8) is 0 Å². The molecule has 3 heteroatoms. The lowest BCUT2D eigenvalue weighted by atomic mass is 10.2. The fourth-order valence-electron chi connectivity index (χ4n) is 2.33. The molecule has 21 heavy (non-hydrogen) atoms. The second-order valence-electron chi connectivity index (χ2n) is 5.45. The summed E-state index contributed by atoms with van der Waals surface area (Å²) in [6.07, 6.45) is 5.22. The van der Waals surface area contributed by atoms with Gasteiger partial charge in [0.15, 0.2) is 0 Å². The average molecular weight is 287 g/mol. The van der Waals surface area contributed by atoms with Crippen molar-refractivity contribution in [3.8, 4) is 17.6 Å². The summed E-state index contributed by atoms with van der Waals surface area (Å²) >= 11 is 0. The van der Waals surface area contributed by atoms with Gasteiger partial charge in [-0.15, -0.1) is 0 Å². The molecule has 1 aromatic carbocycles. The molecule has 0 spiro atoms. The molecule has 114 valence electrons. The highest BCUT2D eigenvalue weighted by molar-refractivity contribution is 5.38. The lowest BCUT2D eigenvalue weighted by Gasteiger charge is -2.21. The van der Waals surface area contributed by atoms with Crippen molar-refractivity contribution < 1.29 is 9.84 Å². The summed E-state index contributed by atoms with van der Waals surface area (Å²) in [6.45, 7) is 5.08. The number of unbranched alkanes of at least 4 members (excludes halogenated alkanes) is 1. The van der Waals surface area contributed by atoms with Crippen LogP contribution in [0.4, 0.5) is 0 Å². The zero-order valence-corrected chi connectivity index (χ0v) is 12.8. The van der Waals surface area contributed by atoms with E-state index in [0.717, 1.165) is 30.5 Å². The van der Waals surface area contributed by atoms with Crippen molar-refractivity contribution >= 4 is 0 Å². The molecular weight excluding hydrogens is 262 g/mol. The molecule has 0 bridgehead atoms. The van der Waals surface area contributed by atoms with Crippen LogP contribution >= 0.6 is 0 Å². The number of rotatable bonds is 8. The van der Waals surface area contributed by atoms with Gasteiger partial charge in [-0.3, -0.25) is 4.90 Å². The lowest BCUT2D eigenvalue weighted by molar-refractivity contribution is 0.199. The van der Waals surface area contributed by atoms with Crippen LogP contribution in [0.2, 0.25) is 0 Å². The molecule has 0 atom stereocenters. The van der Waals surface area contributed by atoms with Crippen LogP contribution < -0.4 is 4.74 Å². The average Bonchev–Trinajstić information content (AvgIpc) is 3.34. The van der Waals surface area contributed by atoms with Crippen molar-refractivity contribution in [3.05, 3.63) is 29.8 Å². The van der Waals surface area contributed by atoms with Gasteiger partial charge in [0.05, 0.1) is 0 Å². The van der Waals surface area contributed by atoms with E-state index in [2.05, 4.69) is 23.7 Å². The Morgan fingerprint density at radius 2 is 2.00 bits per heavy atom. The molecule has 0 aliphatic heterocycles. The molecule has 3 nitrogen and oxygen atoms in total. The molecule has 1 N–H and O–H groups in total. The Kier molecular flexibility index (Phi) is 6.59. The van der Waals surface area contributed by atoms with Crippen LogP contribution in [0.25, 0.3) is 0 Å². The van der Waals surface area contributed by atoms with Crippen LogP contribution in [-0.4, -0.2) is 42.4 Å². The van der Waals surface area contributed by atoms with Gasteiger partial charge in [-0.2, -0.15) is 0 Å². The number of nitrogens with zero attached hydrogens (tertiary/aromatic N) is 1. The first kappa shape index (κ1) is 15.9. The zero-order valence-electron chi connectivity index (χ0n) is 12.8. The number of aliphatic hydroxyl groups excluding tert-OH is 1. The van der Waals surface area contributed by atoms with E-state index < -0.39 is 0 Å². The highest BCUT2D eigenvalue weighted by atomic mass is 16.5. The standard InChI is InChI=1S/C18H25NO2/c1-2-3-12-19(17-8-9-17)13-15-21-18-10-6-16(7-11-18)5-4-14-20/h6-7,10-11,17,20H,2-3,8-9,12-15H2,1H3. The minimum Gasteiger partial charge on any atom is -0.492 e. The maximum atomic E-state index is 8.66. The summed E-state index contributed by atoms with van der Waals surface area (Å²) in [5, 5.41) is 8.66. The maximum Gasteiger partial charge on any atom is 0.119 e. The van der Waals surface area contributed by atoms with E-state index >= 15 is 0 Å². The van der Waals surface area contributed by atoms with Crippen LogP contribution in [0.5, 0.6) is 5.75 Å². The number of benzene rings is 1. The zero-order chi connectivity index (χ0) is 14.9. The molecule has 2 rings (SSSR count). The van der Waals surface area contributed by atoms with E-state index in [4.69, 9.17) is 9.84 Å². The third-order valence-electron chi connectivity index (χ3n) is 3.68. The maximum absolute atomic E-state index is 8.66. The number of hydrogen-bond donors (Lipinski definition) is 1. The Morgan fingerprint density at radius 3 is 2.62 bits per heavy atom. The first-order chi connectivity index (χ1) is 10.3. The molecule has 0 aromatic heterocycles.